The SMILES string of the molecule is Cc1ccc(NC(=O)c2ccccc2)cc1NC(=O)CNCC1CC1.Cl. The Bertz CT molecular complexity index is 761. The molecule has 0 unspecified atom stereocenters. The Hall–Kier alpha value is -2.37. The maximum absolute atomic E-state index is 12.2. The van der Waals surface area contributed by atoms with Crippen LogP contribution in [0.5, 0.6) is 0 Å². The minimum absolute atomic E-state index is 0. The van der Waals surface area contributed by atoms with Gasteiger partial charge in [0.25, 0.3) is 5.91 Å². The molecule has 0 heterocycles. The lowest BCUT2D eigenvalue weighted by molar-refractivity contribution is -0.115. The third-order valence-electron chi connectivity index (χ3n) is 4.22. The molecule has 2 amide bonds. The van der Waals surface area contributed by atoms with Crippen LogP contribution in [0.1, 0.15) is 28.8 Å². The van der Waals surface area contributed by atoms with Gasteiger partial charge in [0.05, 0.1) is 6.54 Å². The molecule has 0 spiro atoms. The van der Waals surface area contributed by atoms with Crippen LogP contribution in [0.25, 0.3) is 0 Å². The summed E-state index contributed by atoms with van der Waals surface area (Å²) in [6.45, 7) is 3.13. The van der Waals surface area contributed by atoms with Gasteiger partial charge in [0, 0.05) is 16.9 Å². The Labute approximate surface area is 160 Å². The number of aryl methyl sites for hydroxylation is 1. The summed E-state index contributed by atoms with van der Waals surface area (Å²) in [7, 11) is 0. The first-order valence-electron chi connectivity index (χ1n) is 8.59. The largest absolute Gasteiger partial charge is 0.325 e. The molecule has 1 saturated carbocycles. The molecule has 1 aliphatic carbocycles. The van der Waals surface area contributed by atoms with E-state index >= 15 is 0 Å². The predicted molar refractivity (Wildman–Crippen MR) is 107 cm³/mol. The van der Waals surface area contributed by atoms with E-state index in [4.69, 9.17) is 0 Å². The number of rotatable bonds is 7. The van der Waals surface area contributed by atoms with Crippen LogP contribution in [0.2, 0.25) is 0 Å². The molecule has 0 radical (unpaired) electrons. The monoisotopic (exact) mass is 373 g/mol. The number of anilines is 2. The molecule has 6 heteroatoms. The minimum Gasteiger partial charge on any atom is -0.325 e. The Morgan fingerprint density at radius 1 is 1.04 bits per heavy atom. The molecule has 1 aliphatic rings. The molecule has 0 saturated heterocycles. The van der Waals surface area contributed by atoms with Gasteiger partial charge in [-0.2, -0.15) is 0 Å². The van der Waals surface area contributed by atoms with Crippen LogP contribution in [0.15, 0.2) is 48.5 Å². The zero-order valence-electron chi connectivity index (χ0n) is 14.7. The van der Waals surface area contributed by atoms with E-state index in [0.29, 0.717) is 23.5 Å². The lowest BCUT2D eigenvalue weighted by atomic mass is 10.1. The smallest absolute Gasteiger partial charge is 0.255 e. The Morgan fingerprint density at radius 2 is 1.77 bits per heavy atom. The number of benzene rings is 2. The average molecular weight is 374 g/mol. The number of hydrogen-bond donors (Lipinski definition) is 3. The van der Waals surface area contributed by atoms with Gasteiger partial charge in [0.15, 0.2) is 0 Å². The fraction of sp³-hybridized carbons (Fsp3) is 0.300. The Morgan fingerprint density at radius 3 is 2.46 bits per heavy atom. The lowest BCUT2D eigenvalue weighted by Crippen LogP contribution is -2.29. The van der Waals surface area contributed by atoms with Crippen LogP contribution in [0.4, 0.5) is 11.4 Å². The summed E-state index contributed by atoms with van der Waals surface area (Å²) in [4.78, 5) is 24.3. The van der Waals surface area contributed by atoms with Gasteiger partial charge >= 0.3 is 0 Å². The highest BCUT2D eigenvalue weighted by Gasteiger charge is 2.20. The van der Waals surface area contributed by atoms with Crippen LogP contribution in [0.3, 0.4) is 0 Å². The molecule has 1 fully saturated rings. The van der Waals surface area contributed by atoms with Crippen molar-refractivity contribution in [1.29, 1.82) is 0 Å². The molecule has 2 aromatic rings. The number of amides is 2. The highest BCUT2D eigenvalue weighted by atomic mass is 35.5. The molecule has 0 bridgehead atoms. The zero-order valence-corrected chi connectivity index (χ0v) is 15.6. The fourth-order valence-electron chi connectivity index (χ4n) is 2.53. The number of hydrogen-bond acceptors (Lipinski definition) is 3. The quantitative estimate of drug-likeness (QED) is 0.694. The summed E-state index contributed by atoms with van der Waals surface area (Å²) in [6, 6.07) is 14.5. The van der Waals surface area contributed by atoms with E-state index in [0.717, 1.165) is 18.0 Å². The molecule has 3 rings (SSSR count). The summed E-state index contributed by atoms with van der Waals surface area (Å²) in [5.41, 5.74) is 2.91. The molecule has 3 N–H and O–H groups in total. The Kier molecular flexibility index (Phi) is 7.18. The summed E-state index contributed by atoms with van der Waals surface area (Å²) < 4.78 is 0. The Balaban J connectivity index is 0.00000243. The molecule has 0 atom stereocenters. The standard InChI is InChI=1S/C20H23N3O2.ClH/c1-14-7-10-17(22-20(25)16-5-3-2-4-6-16)11-18(14)23-19(24)13-21-12-15-8-9-15;/h2-7,10-11,15,21H,8-9,12-13H2,1H3,(H,22,25)(H,23,24);1H. The van der Waals surface area contributed by atoms with Crippen LogP contribution < -0.4 is 16.0 Å². The highest BCUT2D eigenvalue weighted by molar-refractivity contribution is 6.04. The summed E-state index contributed by atoms with van der Waals surface area (Å²) in [6.07, 6.45) is 2.52. The number of nitrogens with one attached hydrogen (secondary N) is 3. The molecule has 2 aromatic carbocycles. The van der Waals surface area contributed by atoms with Gasteiger partial charge in [-0.15, -0.1) is 12.4 Å². The van der Waals surface area contributed by atoms with Gasteiger partial charge in [-0.1, -0.05) is 24.3 Å². The second-order valence-electron chi connectivity index (χ2n) is 6.47. The topological polar surface area (TPSA) is 70.2 Å². The normalized spacial score (nSPS) is 12.8. The second-order valence-corrected chi connectivity index (χ2v) is 6.47. The van der Waals surface area contributed by atoms with Crippen molar-refractivity contribution in [1.82, 2.24) is 5.32 Å². The zero-order chi connectivity index (χ0) is 17.6. The first-order valence-corrected chi connectivity index (χ1v) is 8.59. The van der Waals surface area contributed by atoms with Crippen molar-refractivity contribution in [3.63, 3.8) is 0 Å². The van der Waals surface area contributed by atoms with Crippen molar-refractivity contribution in [2.45, 2.75) is 19.8 Å². The first kappa shape index (κ1) is 19.9. The van der Waals surface area contributed by atoms with E-state index in [-0.39, 0.29) is 24.2 Å². The van der Waals surface area contributed by atoms with E-state index in [2.05, 4.69) is 16.0 Å². The second kappa shape index (κ2) is 9.36. The third kappa shape index (κ3) is 5.86. The van der Waals surface area contributed by atoms with Crippen LogP contribution in [-0.4, -0.2) is 24.9 Å². The average Bonchev–Trinajstić information content (AvgIpc) is 3.43. The first-order chi connectivity index (χ1) is 12.1. The van der Waals surface area contributed by atoms with Gasteiger partial charge < -0.3 is 16.0 Å². The van der Waals surface area contributed by atoms with Crippen molar-refractivity contribution in [2.75, 3.05) is 23.7 Å². The van der Waals surface area contributed by atoms with Crippen LogP contribution in [0, 0.1) is 12.8 Å². The van der Waals surface area contributed by atoms with Crippen LogP contribution >= 0.6 is 12.4 Å². The minimum atomic E-state index is -0.173. The van der Waals surface area contributed by atoms with Crippen LogP contribution in [-0.2, 0) is 4.79 Å². The van der Waals surface area contributed by atoms with E-state index in [1.165, 1.54) is 12.8 Å². The molecule has 0 aromatic heterocycles. The number of carbonyl (C=O) groups is 2. The summed E-state index contributed by atoms with van der Waals surface area (Å²) in [5, 5.41) is 8.94. The fourth-order valence-corrected chi connectivity index (χ4v) is 2.53. The maximum atomic E-state index is 12.2. The number of carbonyl (C=O) groups excluding carboxylic acids is 2. The van der Waals surface area contributed by atoms with E-state index < -0.39 is 0 Å². The number of halogens is 1. The summed E-state index contributed by atoms with van der Waals surface area (Å²) >= 11 is 0. The molecule has 138 valence electrons. The molecule has 0 aliphatic heterocycles. The molecule has 5 nitrogen and oxygen atoms in total. The molecular weight excluding hydrogens is 350 g/mol. The van der Waals surface area contributed by atoms with Gasteiger partial charge in [-0.3, -0.25) is 9.59 Å². The van der Waals surface area contributed by atoms with Crippen molar-refractivity contribution in [3.05, 3.63) is 59.7 Å². The van der Waals surface area contributed by atoms with Crippen molar-refractivity contribution < 1.29 is 9.59 Å². The van der Waals surface area contributed by atoms with Gasteiger partial charge in [0.1, 0.15) is 0 Å². The third-order valence-corrected chi connectivity index (χ3v) is 4.22. The van der Waals surface area contributed by atoms with E-state index in [9.17, 15) is 9.59 Å². The van der Waals surface area contributed by atoms with E-state index in [1.807, 2.05) is 37.3 Å². The lowest BCUT2D eigenvalue weighted by Gasteiger charge is -2.12. The van der Waals surface area contributed by atoms with Crippen molar-refractivity contribution >= 4 is 35.6 Å². The molecular formula is C20H24ClN3O2. The summed E-state index contributed by atoms with van der Waals surface area (Å²) in [5.74, 6) is 0.495. The molecule has 26 heavy (non-hydrogen) atoms. The van der Waals surface area contributed by atoms with Crippen molar-refractivity contribution in [3.8, 4) is 0 Å². The van der Waals surface area contributed by atoms with Gasteiger partial charge in [0.2, 0.25) is 5.91 Å². The maximum Gasteiger partial charge on any atom is 0.255 e. The van der Waals surface area contributed by atoms with Gasteiger partial charge in [-0.05, 0) is 62.1 Å². The van der Waals surface area contributed by atoms with Crippen molar-refractivity contribution in [2.24, 2.45) is 5.92 Å². The predicted octanol–water partition coefficient (Wildman–Crippen LogP) is 3.61. The highest BCUT2D eigenvalue weighted by Crippen LogP contribution is 2.27. The van der Waals surface area contributed by atoms with E-state index in [1.54, 1.807) is 18.2 Å². The van der Waals surface area contributed by atoms with Gasteiger partial charge in [-0.25, -0.2) is 0 Å².